The Morgan fingerprint density at radius 3 is 2.67 bits per heavy atom. The molecule has 2 aromatic rings. The highest BCUT2D eigenvalue weighted by atomic mass is 16.6. The summed E-state index contributed by atoms with van der Waals surface area (Å²) in [5, 5.41) is 1.07. The van der Waals surface area contributed by atoms with E-state index in [0.29, 0.717) is 11.6 Å². The van der Waals surface area contributed by atoms with Crippen molar-refractivity contribution in [3.63, 3.8) is 0 Å². The van der Waals surface area contributed by atoms with Gasteiger partial charge in [-0.25, -0.2) is 4.79 Å². The molecule has 0 amide bonds. The molecule has 130 valence electrons. The van der Waals surface area contributed by atoms with Crippen LogP contribution >= 0.6 is 0 Å². The standard InChI is InChI=1S/C19H27N3O2/c1-19(2,3)24-18(23)12-6-8-16-14(10-12)15-11-13(21(4)5)7-9-17(15)22(16)20/h6,8,10,13H,7,9,11,20H2,1-5H3. The minimum atomic E-state index is -0.499. The number of aromatic nitrogens is 1. The van der Waals surface area contributed by atoms with Crippen LogP contribution in [-0.2, 0) is 17.6 Å². The molecule has 1 unspecified atom stereocenters. The van der Waals surface area contributed by atoms with Crippen molar-refractivity contribution in [2.24, 2.45) is 0 Å². The number of rotatable bonds is 2. The Kier molecular flexibility index (Phi) is 4.08. The van der Waals surface area contributed by atoms with E-state index in [1.807, 2.05) is 32.9 Å². The molecule has 1 aliphatic carbocycles. The third-order valence-corrected chi connectivity index (χ3v) is 4.74. The predicted octanol–water partition coefficient (Wildman–Crippen LogP) is 2.73. The molecule has 0 fully saturated rings. The second kappa shape index (κ2) is 5.81. The number of fused-ring (bicyclic) bond motifs is 3. The van der Waals surface area contributed by atoms with Gasteiger partial charge >= 0.3 is 5.97 Å². The first kappa shape index (κ1) is 16.8. The third-order valence-electron chi connectivity index (χ3n) is 4.74. The first-order chi connectivity index (χ1) is 11.2. The second-order valence-corrected chi connectivity index (χ2v) is 7.89. The van der Waals surface area contributed by atoms with E-state index < -0.39 is 5.60 Å². The molecule has 2 N–H and O–H groups in total. The number of ether oxygens (including phenoxy) is 1. The molecule has 1 aromatic heterocycles. The summed E-state index contributed by atoms with van der Waals surface area (Å²) < 4.78 is 7.28. The van der Waals surface area contributed by atoms with Gasteiger partial charge in [0.2, 0.25) is 0 Å². The average molecular weight is 329 g/mol. The van der Waals surface area contributed by atoms with Crippen molar-refractivity contribution in [1.82, 2.24) is 9.58 Å². The van der Waals surface area contributed by atoms with Crippen molar-refractivity contribution < 1.29 is 9.53 Å². The van der Waals surface area contributed by atoms with E-state index in [2.05, 4.69) is 19.0 Å². The Balaban J connectivity index is 2.04. The summed E-state index contributed by atoms with van der Waals surface area (Å²) in [5.74, 6) is 6.01. The number of carbonyl (C=O) groups is 1. The van der Waals surface area contributed by atoms with Crippen molar-refractivity contribution in [3.8, 4) is 0 Å². The number of esters is 1. The quantitative estimate of drug-likeness (QED) is 0.680. The maximum Gasteiger partial charge on any atom is 0.338 e. The van der Waals surface area contributed by atoms with Crippen LogP contribution in [0, 0.1) is 0 Å². The Bertz CT molecular complexity index is 784. The number of nitrogens with zero attached hydrogens (tertiary/aromatic N) is 2. The number of hydrogen-bond donors (Lipinski definition) is 1. The zero-order valence-corrected chi connectivity index (χ0v) is 15.2. The van der Waals surface area contributed by atoms with Gasteiger partial charge < -0.3 is 15.5 Å². The molecule has 0 spiro atoms. The molecule has 1 aliphatic rings. The molecule has 0 aliphatic heterocycles. The van der Waals surface area contributed by atoms with Crippen LogP contribution in [0.25, 0.3) is 10.9 Å². The fourth-order valence-electron chi connectivity index (χ4n) is 3.48. The van der Waals surface area contributed by atoms with E-state index >= 15 is 0 Å². The summed E-state index contributed by atoms with van der Waals surface area (Å²) in [6.07, 6.45) is 3.03. The van der Waals surface area contributed by atoms with E-state index in [0.717, 1.165) is 30.2 Å². The maximum atomic E-state index is 12.4. The van der Waals surface area contributed by atoms with Crippen LogP contribution < -0.4 is 5.84 Å². The van der Waals surface area contributed by atoms with Crippen LogP contribution in [0.3, 0.4) is 0 Å². The lowest BCUT2D eigenvalue weighted by Crippen LogP contribution is -2.34. The third kappa shape index (κ3) is 3.00. The average Bonchev–Trinajstić information content (AvgIpc) is 2.78. The minimum absolute atomic E-state index is 0.289. The number of benzene rings is 1. The highest BCUT2D eigenvalue weighted by Crippen LogP contribution is 2.32. The van der Waals surface area contributed by atoms with Gasteiger partial charge in [0.05, 0.1) is 11.1 Å². The lowest BCUT2D eigenvalue weighted by atomic mass is 9.90. The minimum Gasteiger partial charge on any atom is -0.456 e. The van der Waals surface area contributed by atoms with Crippen molar-refractivity contribution in [1.29, 1.82) is 0 Å². The molecular formula is C19H27N3O2. The lowest BCUT2D eigenvalue weighted by Gasteiger charge is -2.28. The van der Waals surface area contributed by atoms with Crippen LogP contribution in [0.5, 0.6) is 0 Å². The van der Waals surface area contributed by atoms with Gasteiger partial charge in [0, 0.05) is 17.1 Å². The van der Waals surface area contributed by atoms with Crippen molar-refractivity contribution in [2.45, 2.75) is 51.7 Å². The molecular weight excluding hydrogens is 302 g/mol. The maximum absolute atomic E-state index is 12.4. The van der Waals surface area contributed by atoms with E-state index in [1.54, 1.807) is 10.7 Å². The summed E-state index contributed by atoms with van der Waals surface area (Å²) in [4.78, 5) is 14.6. The van der Waals surface area contributed by atoms with Crippen LogP contribution in [0.2, 0.25) is 0 Å². The number of nitrogens with two attached hydrogens (primary N) is 1. The first-order valence-electron chi connectivity index (χ1n) is 8.48. The molecule has 24 heavy (non-hydrogen) atoms. The highest BCUT2D eigenvalue weighted by molar-refractivity contribution is 5.96. The van der Waals surface area contributed by atoms with Crippen LogP contribution in [-0.4, -0.2) is 41.3 Å². The lowest BCUT2D eigenvalue weighted by molar-refractivity contribution is 0.00697. The van der Waals surface area contributed by atoms with Crippen molar-refractivity contribution in [2.75, 3.05) is 19.9 Å². The summed E-state index contributed by atoms with van der Waals surface area (Å²) in [6.45, 7) is 5.63. The molecule has 1 heterocycles. The van der Waals surface area contributed by atoms with Gasteiger partial charge in [0.15, 0.2) is 0 Å². The number of likely N-dealkylation sites (N-methyl/N-ethyl adjacent to an activating group) is 1. The van der Waals surface area contributed by atoms with Gasteiger partial charge in [-0.3, -0.25) is 4.68 Å². The molecule has 1 aromatic carbocycles. The number of hydrogen-bond acceptors (Lipinski definition) is 4. The number of carbonyl (C=O) groups excluding carboxylic acids is 1. The van der Waals surface area contributed by atoms with Gasteiger partial charge in [-0.2, -0.15) is 0 Å². The second-order valence-electron chi connectivity index (χ2n) is 7.89. The number of nitrogen functional groups attached to an aromatic ring is 1. The summed E-state index contributed by atoms with van der Waals surface area (Å²) >= 11 is 0. The Hall–Kier alpha value is -2.01. The normalized spacial score (nSPS) is 18.0. The van der Waals surface area contributed by atoms with Gasteiger partial charge in [-0.15, -0.1) is 0 Å². The molecule has 5 nitrogen and oxygen atoms in total. The van der Waals surface area contributed by atoms with Crippen LogP contribution in [0.15, 0.2) is 18.2 Å². The van der Waals surface area contributed by atoms with E-state index in [-0.39, 0.29) is 5.97 Å². The smallest absolute Gasteiger partial charge is 0.338 e. The van der Waals surface area contributed by atoms with E-state index in [4.69, 9.17) is 10.6 Å². The molecule has 1 atom stereocenters. The van der Waals surface area contributed by atoms with Gasteiger partial charge in [-0.05, 0) is 77.9 Å². The fraction of sp³-hybridized carbons (Fsp3) is 0.526. The van der Waals surface area contributed by atoms with Crippen molar-refractivity contribution >= 4 is 16.9 Å². The van der Waals surface area contributed by atoms with Crippen LogP contribution in [0.1, 0.15) is 48.8 Å². The largest absolute Gasteiger partial charge is 0.456 e. The predicted molar refractivity (Wildman–Crippen MR) is 96.8 cm³/mol. The first-order valence-corrected chi connectivity index (χ1v) is 8.48. The Labute approximate surface area is 143 Å². The van der Waals surface area contributed by atoms with Crippen molar-refractivity contribution in [3.05, 3.63) is 35.0 Å². The molecule has 0 saturated heterocycles. The summed E-state index contributed by atoms with van der Waals surface area (Å²) in [5.41, 5.74) is 3.51. The van der Waals surface area contributed by atoms with Gasteiger partial charge in [0.1, 0.15) is 5.60 Å². The molecule has 0 radical (unpaired) electrons. The fourth-order valence-corrected chi connectivity index (χ4v) is 3.48. The molecule has 5 heteroatoms. The topological polar surface area (TPSA) is 60.5 Å². The van der Waals surface area contributed by atoms with E-state index in [9.17, 15) is 4.79 Å². The summed E-state index contributed by atoms with van der Waals surface area (Å²) in [6, 6.07) is 6.17. The zero-order valence-electron chi connectivity index (χ0n) is 15.2. The molecule has 0 bridgehead atoms. The van der Waals surface area contributed by atoms with Gasteiger partial charge in [0.25, 0.3) is 0 Å². The zero-order chi connectivity index (χ0) is 17.6. The monoisotopic (exact) mass is 329 g/mol. The Morgan fingerprint density at radius 1 is 1.33 bits per heavy atom. The van der Waals surface area contributed by atoms with E-state index in [1.165, 1.54) is 11.3 Å². The Morgan fingerprint density at radius 2 is 2.04 bits per heavy atom. The van der Waals surface area contributed by atoms with Crippen LogP contribution in [0.4, 0.5) is 0 Å². The SMILES string of the molecule is CN(C)C1CCc2c(c3cc(C(=O)OC(C)(C)C)ccc3n2N)C1. The summed E-state index contributed by atoms with van der Waals surface area (Å²) in [7, 11) is 4.23. The molecule has 3 rings (SSSR count). The highest BCUT2D eigenvalue weighted by Gasteiger charge is 2.27. The molecule has 0 saturated carbocycles. The van der Waals surface area contributed by atoms with Gasteiger partial charge in [-0.1, -0.05) is 0 Å².